The Labute approximate surface area is 129 Å². The average molecular weight is 305 g/mol. The molecule has 1 heterocycles. The smallest absolute Gasteiger partial charge is 0.219 e. The zero-order chi connectivity index (χ0) is 16.1. The van der Waals surface area contributed by atoms with E-state index < -0.39 is 6.10 Å². The minimum absolute atomic E-state index is 0.365. The molecule has 0 radical (unpaired) electrons. The first kappa shape index (κ1) is 15.9. The fraction of sp³-hybridized carbons (Fsp3) is 0.312. The maximum atomic E-state index is 10.6. The number of hydrogen-bond donors (Lipinski definition) is 1. The van der Waals surface area contributed by atoms with Crippen LogP contribution in [-0.2, 0) is 0 Å². The minimum Gasteiger partial charge on any atom is -0.493 e. The van der Waals surface area contributed by atoms with E-state index in [9.17, 15) is 5.11 Å². The summed E-state index contributed by atoms with van der Waals surface area (Å²) in [5, 5.41) is 10.6. The summed E-state index contributed by atoms with van der Waals surface area (Å²) in [6.45, 7) is 0. The van der Waals surface area contributed by atoms with Crippen molar-refractivity contribution < 1.29 is 24.1 Å². The third-order valence-corrected chi connectivity index (χ3v) is 3.29. The summed E-state index contributed by atoms with van der Waals surface area (Å²) in [7, 11) is 6.09. The summed E-state index contributed by atoms with van der Waals surface area (Å²) >= 11 is 0. The molecule has 0 aliphatic carbocycles. The molecule has 2 aromatic rings. The van der Waals surface area contributed by atoms with Gasteiger partial charge in [0.25, 0.3) is 0 Å². The van der Waals surface area contributed by atoms with Gasteiger partial charge in [-0.1, -0.05) is 0 Å². The summed E-state index contributed by atoms with van der Waals surface area (Å²) in [4.78, 5) is 4.09. The average Bonchev–Trinajstić information content (AvgIpc) is 2.59. The minimum atomic E-state index is -0.933. The van der Waals surface area contributed by atoms with E-state index in [1.807, 2.05) is 0 Å². The summed E-state index contributed by atoms with van der Waals surface area (Å²) in [6.07, 6.45) is 0.668. The second-order valence-electron chi connectivity index (χ2n) is 4.46. The number of aliphatic hydroxyl groups excluding tert-OH is 1. The van der Waals surface area contributed by atoms with Crippen molar-refractivity contribution in [2.45, 2.75) is 6.10 Å². The van der Waals surface area contributed by atoms with Crippen molar-refractivity contribution in [3.05, 3.63) is 41.6 Å². The van der Waals surface area contributed by atoms with Crippen LogP contribution < -0.4 is 18.9 Å². The highest BCUT2D eigenvalue weighted by Gasteiger charge is 2.21. The van der Waals surface area contributed by atoms with Crippen LogP contribution in [0.25, 0.3) is 0 Å². The van der Waals surface area contributed by atoms with Crippen LogP contribution in [-0.4, -0.2) is 38.5 Å². The fourth-order valence-corrected chi connectivity index (χ4v) is 2.22. The highest BCUT2D eigenvalue weighted by atomic mass is 16.5. The summed E-state index contributed by atoms with van der Waals surface area (Å²) in [6, 6.07) is 6.87. The van der Waals surface area contributed by atoms with Crippen molar-refractivity contribution >= 4 is 0 Å². The predicted molar refractivity (Wildman–Crippen MR) is 80.9 cm³/mol. The van der Waals surface area contributed by atoms with Crippen LogP contribution in [0.3, 0.4) is 0 Å². The molecule has 2 rings (SSSR count). The second-order valence-corrected chi connectivity index (χ2v) is 4.46. The molecule has 1 unspecified atom stereocenters. The topological polar surface area (TPSA) is 70.0 Å². The monoisotopic (exact) mass is 305 g/mol. The maximum Gasteiger partial charge on any atom is 0.219 e. The van der Waals surface area contributed by atoms with Gasteiger partial charge in [0.1, 0.15) is 6.10 Å². The van der Waals surface area contributed by atoms with Gasteiger partial charge < -0.3 is 24.1 Å². The van der Waals surface area contributed by atoms with Crippen LogP contribution in [0.2, 0.25) is 0 Å². The highest BCUT2D eigenvalue weighted by Crippen LogP contribution is 2.41. The van der Waals surface area contributed by atoms with Crippen molar-refractivity contribution in [2.24, 2.45) is 0 Å². The van der Waals surface area contributed by atoms with E-state index in [4.69, 9.17) is 18.9 Å². The predicted octanol–water partition coefficient (Wildman–Crippen LogP) is 2.20. The van der Waals surface area contributed by atoms with Crippen LogP contribution in [0.1, 0.15) is 17.2 Å². The molecular formula is C16H19NO5. The Morgan fingerprint density at radius 1 is 0.955 bits per heavy atom. The Morgan fingerprint density at radius 2 is 1.59 bits per heavy atom. The number of methoxy groups -OCH3 is 4. The quantitative estimate of drug-likeness (QED) is 0.882. The summed E-state index contributed by atoms with van der Waals surface area (Å²) < 4.78 is 21.1. The van der Waals surface area contributed by atoms with E-state index in [0.29, 0.717) is 34.3 Å². The third-order valence-electron chi connectivity index (χ3n) is 3.29. The maximum absolute atomic E-state index is 10.6. The van der Waals surface area contributed by atoms with Gasteiger partial charge in [0.15, 0.2) is 11.5 Å². The largest absolute Gasteiger partial charge is 0.493 e. The zero-order valence-electron chi connectivity index (χ0n) is 13.0. The number of ether oxygens (including phenoxy) is 4. The molecule has 1 N–H and O–H groups in total. The molecule has 0 fully saturated rings. The van der Waals surface area contributed by atoms with E-state index >= 15 is 0 Å². The van der Waals surface area contributed by atoms with Crippen LogP contribution in [0, 0.1) is 0 Å². The normalized spacial score (nSPS) is 11.7. The van der Waals surface area contributed by atoms with Crippen LogP contribution in [0.5, 0.6) is 23.1 Å². The molecule has 1 aromatic heterocycles. The number of rotatable bonds is 6. The van der Waals surface area contributed by atoms with Crippen LogP contribution in [0.15, 0.2) is 30.5 Å². The Kier molecular flexibility index (Phi) is 5.06. The van der Waals surface area contributed by atoms with Gasteiger partial charge in [0.2, 0.25) is 11.6 Å². The Balaban J connectivity index is 2.52. The second kappa shape index (κ2) is 7.00. The van der Waals surface area contributed by atoms with Crippen LogP contribution in [0.4, 0.5) is 0 Å². The number of aromatic nitrogens is 1. The number of hydrogen-bond acceptors (Lipinski definition) is 6. The van der Waals surface area contributed by atoms with Crippen molar-refractivity contribution in [3.63, 3.8) is 0 Å². The Bertz CT molecular complexity index is 619. The SMILES string of the molecule is COc1cc(C(O)c2cccnc2OC)cc(OC)c1OC. The Hall–Kier alpha value is -2.47. The molecule has 22 heavy (non-hydrogen) atoms. The standard InChI is InChI=1S/C16H19NO5/c1-19-12-8-10(9-13(20-2)15(12)21-3)14(18)11-6-5-7-17-16(11)22-4/h5-9,14,18H,1-4H3. The number of pyridine rings is 1. The summed E-state index contributed by atoms with van der Waals surface area (Å²) in [5.41, 5.74) is 1.14. The lowest BCUT2D eigenvalue weighted by molar-refractivity contribution is 0.211. The highest BCUT2D eigenvalue weighted by molar-refractivity contribution is 5.55. The van der Waals surface area contributed by atoms with Crippen LogP contribution >= 0.6 is 0 Å². The van der Waals surface area contributed by atoms with E-state index in [1.165, 1.54) is 28.4 Å². The molecule has 6 nitrogen and oxygen atoms in total. The summed E-state index contributed by atoms with van der Waals surface area (Å²) in [5.74, 6) is 1.78. The molecule has 1 atom stereocenters. The van der Waals surface area contributed by atoms with Gasteiger partial charge in [-0.25, -0.2) is 4.98 Å². The van der Waals surface area contributed by atoms with Gasteiger partial charge in [0, 0.05) is 11.8 Å². The molecule has 0 saturated heterocycles. The van der Waals surface area contributed by atoms with E-state index in [1.54, 1.807) is 30.5 Å². The van der Waals surface area contributed by atoms with E-state index in [2.05, 4.69) is 4.98 Å². The van der Waals surface area contributed by atoms with Gasteiger partial charge in [0.05, 0.1) is 28.4 Å². The molecule has 0 aliphatic rings. The van der Waals surface area contributed by atoms with E-state index in [-0.39, 0.29) is 0 Å². The fourth-order valence-electron chi connectivity index (χ4n) is 2.22. The first-order valence-corrected chi connectivity index (χ1v) is 6.63. The number of benzene rings is 1. The molecular weight excluding hydrogens is 286 g/mol. The van der Waals surface area contributed by atoms with Crippen molar-refractivity contribution in [3.8, 4) is 23.1 Å². The van der Waals surface area contributed by atoms with Gasteiger partial charge >= 0.3 is 0 Å². The molecule has 118 valence electrons. The molecule has 0 saturated carbocycles. The number of aliphatic hydroxyl groups is 1. The van der Waals surface area contributed by atoms with Gasteiger partial charge in [-0.15, -0.1) is 0 Å². The molecule has 1 aromatic carbocycles. The lowest BCUT2D eigenvalue weighted by Crippen LogP contribution is -2.05. The number of nitrogens with zero attached hydrogens (tertiary/aromatic N) is 1. The van der Waals surface area contributed by atoms with E-state index in [0.717, 1.165) is 0 Å². The molecule has 6 heteroatoms. The van der Waals surface area contributed by atoms with Crippen molar-refractivity contribution in [1.82, 2.24) is 4.98 Å². The first-order chi connectivity index (χ1) is 10.7. The van der Waals surface area contributed by atoms with Crippen molar-refractivity contribution in [1.29, 1.82) is 0 Å². The first-order valence-electron chi connectivity index (χ1n) is 6.63. The molecule has 0 bridgehead atoms. The van der Waals surface area contributed by atoms with Gasteiger partial charge in [-0.3, -0.25) is 0 Å². The Morgan fingerprint density at radius 3 is 2.09 bits per heavy atom. The van der Waals surface area contributed by atoms with Gasteiger partial charge in [-0.05, 0) is 29.8 Å². The molecule has 0 spiro atoms. The zero-order valence-corrected chi connectivity index (χ0v) is 13.0. The van der Waals surface area contributed by atoms with Gasteiger partial charge in [-0.2, -0.15) is 0 Å². The molecule has 0 amide bonds. The lowest BCUT2D eigenvalue weighted by atomic mass is 10.0. The third kappa shape index (κ3) is 2.92. The molecule has 0 aliphatic heterocycles. The lowest BCUT2D eigenvalue weighted by Gasteiger charge is -2.18. The van der Waals surface area contributed by atoms with Crippen molar-refractivity contribution in [2.75, 3.05) is 28.4 Å².